The van der Waals surface area contributed by atoms with Gasteiger partial charge in [-0.05, 0) is 26.4 Å². The molecule has 0 saturated heterocycles. The molecule has 4 nitrogen and oxygen atoms in total. The molecule has 0 radical (unpaired) electrons. The van der Waals surface area contributed by atoms with Crippen LogP contribution in [0, 0.1) is 0 Å². The van der Waals surface area contributed by atoms with Crippen molar-refractivity contribution < 1.29 is 14.9 Å². The van der Waals surface area contributed by atoms with E-state index in [4.69, 9.17) is 4.74 Å². The van der Waals surface area contributed by atoms with Gasteiger partial charge in [0, 0.05) is 13.0 Å². The van der Waals surface area contributed by atoms with E-state index in [0.29, 0.717) is 13.0 Å². The van der Waals surface area contributed by atoms with Crippen molar-refractivity contribution in [2.45, 2.75) is 96.0 Å². The lowest BCUT2D eigenvalue weighted by Crippen LogP contribution is -2.47. The molecule has 0 heterocycles. The summed E-state index contributed by atoms with van der Waals surface area (Å²) in [7, 11) is 2.05. The van der Waals surface area contributed by atoms with E-state index in [9.17, 15) is 10.2 Å². The lowest BCUT2D eigenvalue weighted by atomic mass is 10.1. The molecule has 0 bridgehead atoms. The zero-order chi connectivity index (χ0) is 16.4. The Balaban J connectivity index is 2.38. The first-order valence-electron chi connectivity index (χ1n) is 9.29. The largest absolute Gasteiger partial charge is 0.391 e. The summed E-state index contributed by atoms with van der Waals surface area (Å²) in [5.74, 6) is 0. The van der Waals surface area contributed by atoms with Gasteiger partial charge in [0.2, 0.25) is 0 Å². The van der Waals surface area contributed by atoms with Gasteiger partial charge >= 0.3 is 0 Å². The van der Waals surface area contributed by atoms with Crippen LogP contribution in [0.25, 0.3) is 0 Å². The van der Waals surface area contributed by atoms with E-state index in [1.165, 1.54) is 32.1 Å². The Bertz CT molecular complexity index is 275. The molecule has 1 aliphatic carbocycles. The second kappa shape index (κ2) is 11.4. The van der Waals surface area contributed by atoms with E-state index in [0.717, 1.165) is 25.8 Å². The number of nitrogens with zero attached hydrogens (tertiary/aromatic N) is 1. The van der Waals surface area contributed by atoms with Gasteiger partial charge in [-0.1, -0.05) is 52.4 Å². The number of aliphatic hydroxyl groups is 2. The van der Waals surface area contributed by atoms with Crippen LogP contribution in [0.1, 0.15) is 71.6 Å². The summed E-state index contributed by atoms with van der Waals surface area (Å²) in [4.78, 5) is 2.19. The molecule has 4 atom stereocenters. The third kappa shape index (κ3) is 6.53. The zero-order valence-electron chi connectivity index (χ0n) is 14.8. The molecule has 0 aromatic rings. The summed E-state index contributed by atoms with van der Waals surface area (Å²) in [5, 5.41) is 20.4. The van der Waals surface area contributed by atoms with Crippen LogP contribution in [0.4, 0.5) is 0 Å². The van der Waals surface area contributed by atoms with E-state index < -0.39 is 12.2 Å². The molecule has 2 N–H and O–H groups in total. The summed E-state index contributed by atoms with van der Waals surface area (Å²) < 4.78 is 5.91. The minimum atomic E-state index is -0.538. The topological polar surface area (TPSA) is 52.9 Å². The molecule has 0 amide bonds. The fourth-order valence-corrected chi connectivity index (χ4v) is 3.41. The van der Waals surface area contributed by atoms with Gasteiger partial charge in [-0.15, -0.1) is 0 Å². The Morgan fingerprint density at radius 2 is 1.55 bits per heavy atom. The Hall–Kier alpha value is -0.160. The van der Waals surface area contributed by atoms with E-state index in [-0.39, 0.29) is 12.1 Å². The maximum absolute atomic E-state index is 10.3. The van der Waals surface area contributed by atoms with Crippen LogP contribution in [0.5, 0.6) is 0 Å². The average Bonchev–Trinajstić information content (AvgIpc) is 2.77. The van der Waals surface area contributed by atoms with Gasteiger partial charge in [0.05, 0.1) is 18.2 Å². The number of unbranched alkanes of at least 4 members (excludes halogenated alkanes) is 6. The first-order chi connectivity index (χ1) is 10.6. The van der Waals surface area contributed by atoms with E-state index >= 15 is 0 Å². The Kier molecular flexibility index (Phi) is 10.3. The number of hydrogen-bond acceptors (Lipinski definition) is 4. The third-order valence-corrected chi connectivity index (χ3v) is 4.77. The average molecular weight is 315 g/mol. The molecule has 1 saturated carbocycles. The number of aliphatic hydroxyl groups excluding tert-OH is 2. The second-order valence-electron chi connectivity index (χ2n) is 6.80. The summed E-state index contributed by atoms with van der Waals surface area (Å²) >= 11 is 0. The molecule has 1 aliphatic rings. The zero-order valence-corrected chi connectivity index (χ0v) is 14.8. The second-order valence-corrected chi connectivity index (χ2v) is 6.80. The van der Waals surface area contributed by atoms with Gasteiger partial charge in [-0.2, -0.15) is 0 Å². The molecular formula is C18H37NO3. The van der Waals surface area contributed by atoms with Crippen LogP contribution in [0.2, 0.25) is 0 Å². The van der Waals surface area contributed by atoms with Gasteiger partial charge in [-0.3, -0.25) is 4.90 Å². The number of hydrogen-bond donors (Lipinski definition) is 2. The van der Waals surface area contributed by atoms with Gasteiger partial charge in [0.15, 0.2) is 0 Å². The highest BCUT2D eigenvalue weighted by Crippen LogP contribution is 2.28. The number of ether oxygens (including phenoxy) is 1. The maximum Gasteiger partial charge on any atom is 0.101 e. The van der Waals surface area contributed by atoms with Crippen LogP contribution < -0.4 is 0 Å². The molecule has 0 aromatic carbocycles. The molecule has 22 heavy (non-hydrogen) atoms. The fourth-order valence-electron chi connectivity index (χ4n) is 3.41. The molecule has 4 heteroatoms. The first kappa shape index (κ1) is 19.9. The highest BCUT2D eigenvalue weighted by Gasteiger charge is 2.44. The smallest absolute Gasteiger partial charge is 0.101 e. The molecular weight excluding hydrogens is 278 g/mol. The lowest BCUT2D eigenvalue weighted by Gasteiger charge is -2.32. The van der Waals surface area contributed by atoms with Crippen molar-refractivity contribution in [2.24, 2.45) is 0 Å². The molecule has 0 aromatic heterocycles. The number of rotatable bonds is 12. The Morgan fingerprint density at radius 3 is 2.23 bits per heavy atom. The minimum Gasteiger partial charge on any atom is -0.391 e. The third-order valence-electron chi connectivity index (χ3n) is 4.77. The SMILES string of the molecule is CCCCCCCN(C)C1C(O)CC(O)C1OCCCCC. The van der Waals surface area contributed by atoms with Crippen LogP contribution in [0.3, 0.4) is 0 Å². The predicted molar refractivity (Wildman–Crippen MR) is 91.1 cm³/mol. The highest BCUT2D eigenvalue weighted by molar-refractivity contribution is 4.98. The molecule has 1 fully saturated rings. The standard InChI is InChI=1S/C18H37NO3/c1-4-6-8-9-10-12-19(3)17-15(20)14-16(21)18(17)22-13-11-7-5-2/h15-18,20-21H,4-14H2,1-3H3. The van der Waals surface area contributed by atoms with Gasteiger partial charge < -0.3 is 14.9 Å². The fraction of sp³-hybridized carbons (Fsp3) is 1.00. The van der Waals surface area contributed by atoms with Crippen molar-refractivity contribution in [3.8, 4) is 0 Å². The van der Waals surface area contributed by atoms with Crippen molar-refractivity contribution in [1.29, 1.82) is 0 Å². The van der Waals surface area contributed by atoms with Crippen LogP contribution in [0.15, 0.2) is 0 Å². The molecule has 0 spiro atoms. The molecule has 1 rings (SSSR count). The van der Waals surface area contributed by atoms with Crippen molar-refractivity contribution in [3.05, 3.63) is 0 Å². The van der Waals surface area contributed by atoms with Crippen LogP contribution in [-0.4, -0.2) is 59.7 Å². The molecule has 4 unspecified atom stereocenters. The molecule has 132 valence electrons. The van der Waals surface area contributed by atoms with Gasteiger partial charge in [-0.25, -0.2) is 0 Å². The van der Waals surface area contributed by atoms with E-state index in [2.05, 4.69) is 18.7 Å². The normalized spacial score (nSPS) is 28.6. The van der Waals surface area contributed by atoms with Gasteiger partial charge in [0.1, 0.15) is 6.10 Å². The summed E-state index contributed by atoms with van der Waals surface area (Å²) in [6.45, 7) is 6.04. The number of likely N-dealkylation sites (N-methyl/N-ethyl adjacent to an activating group) is 1. The quantitative estimate of drug-likeness (QED) is 0.544. The summed E-state index contributed by atoms with van der Waals surface area (Å²) in [6, 6.07) is -0.0669. The molecule has 0 aliphatic heterocycles. The Labute approximate surface area is 136 Å². The van der Waals surface area contributed by atoms with Crippen molar-refractivity contribution >= 4 is 0 Å². The van der Waals surface area contributed by atoms with E-state index in [1.807, 2.05) is 7.05 Å². The summed E-state index contributed by atoms with van der Waals surface area (Å²) in [6.07, 6.45) is 8.77. The van der Waals surface area contributed by atoms with Crippen LogP contribution in [-0.2, 0) is 4.74 Å². The minimum absolute atomic E-state index is 0.0669. The van der Waals surface area contributed by atoms with E-state index in [1.54, 1.807) is 0 Å². The highest BCUT2D eigenvalue weighted by atomic mass is 16.5. The van der Waals surface area contributed by atoms with Crippen molar-refractivity contribution in [2.75, 3.05) is 20.2 Å². The van der Waals surface area contributed by atoms with Crippen molar-refractivity contribution in [1.82, 2.24) is 4.90 Å². The Morgan fingerprint density at radius 1 is 0.909 bits per heavy atom. The van der Waals surface area contributed by atoms with Gasteiger partial charge in [0.25, 0.3) is 0 Å². The monoisotopic (exact) mass is 315 g/mol. The summed E-state index contributed by atoms with van der Waals surface area (Å²) in [5.41, 5.74) is 0. The predicted octanol–water partition coefficient (Wildman–Crippen LogP) is 2.96. The van der Waals surface area contributed by atoms with Crippen LogP contribution >= 0.6 is 0 Å². The van der Waals surface area contributed by atoms with Crippen molar-refractivity contribution in [3.63, 3.8) is 0 Å². The maximum atomic E-state index is 10.3. The first-order valence-corrected chi connectivity index (χ1v) is 9.29. The lowest BCUT2D eigenvalue weighted by molar-refractivity contribution is -0.0588.